The third-order valence-electron chi connectivity index (χ3n) is 0. The molecule has 0 fully saturated rings. The minimum Gasteiger partial charge on any atom is -0.894 e. The fourth-order valence-corrected chi connectivity index (χ4v) is 0. The Morgan fingerprint density at radius 3 is 0.857 bits per heavy atom. The van der Waals surface area contributed by atoms with Gasteiger partial charge in [-0.2, -0.15) is 0 Å². The van der Waals surface area contributed by atoms with E-state index in [-0.39, 0.29) is 55.8 Å². The number of hydrogen-bond acceptors (Lipinski definition) is 4. The van der Waals surface area contributed by atoms with Crippen LogP contribution < -0.4 is 48.7 Å². The summed E-state index contributed by atoms with van der Waals surface area (Å²) in [4.78, 5) is 34.3. The standard InChI is InChI=1S/Na.O4Si.Zr/c;1-5(2,3)4;/q+1;-4;. The van der Waals surface area contributed by atoms with Crippen LogP contribution in [0.25, 0.3) is 0 Å². The summed E-state index contributed by atoms with van der Waals surface area (Å²) in [7, 11) is -5.61. The zero-order valence-corrected chi connectivity index (χ0v) is 9.09. The van der Waals surface area contributed by atoms with Crippen LogP contribution in [0.5, 0.6) is 0 Å². The van der Waals surface area contributed by atoms with E-state index in [1.807, 2.05) is 0 Å². The minimum atomic E-state index is -5.61. The van der Waals surface area contributed by atoms with Crippen LogP contribution in [0.2, 0.25) is 0 Å². The maximum Gasteiger partial charge on any atom is 1.00 e. The molecule has 0 aromatic heterocycles. The molecule has 0 saturated heterocycles. The van der Waals surface area contributed by atoms with E-state index >= 15 is 0 Å². The van der Waals surface area contributed by atoms with Crippen LogP contribution in [0.15, 0.2) is 0 Å². The Labute approximate surface area is 83.1 Å². The molecule has 0 aromatic carbocycles. The first kappa shape index (κ1) is 16.0. The van der Waals surface area contributed by atoms with Gasteiger partial charge in [-0.05, 0) is 0 Å². The van der Waals surface area contributed by atoms with Crippen molar-refractivity contribution in [2.45, 2.75) is 0 Å². The van der Waals surface area contributed by atoms with E-state index in [0.717, 1.165) is 0 Å². The number of hydrogen-bond donors (Lipinski definition) is 0. The van der Waals surface area contributed by atoms with E-state index in [4.69, 9.17) is 19.2 Å². The van der Waals surface area contributed by atoms with E-state index in [9.17, 15) is 0 Å². The van der Waals surface area contributed by atoms with Crippen LogP contribution in [0.3, 0.4) is 0 Å². The van der Waals surface area contributed by atoms with Gasteiger partial charge in [0.15, 0.2) is 0 Å². The van der Waals surface area contributed by atoms with Crippen molar-refractivity contribution >= 4 is 9.05 Å². The van der Waals surface area contributed by atoms with Gasteiger partial charge in [-0.3, -0.25) is 0 Å². The minimum absolute atomic E-state index is 0. The van der Waals surface area contributed by atoms with E-state index in [1.54, 1.807) is 0 Å². The summed E-state index contributed by atoms with van der Waals surface area (Å²) in [6.07, 6.45) is 0. The second-order valence-electron chi connectivity index (χ2n) is 0.500. The molecule has 4 nitrogen and oxygen atoms in total. The molecule has 7 heavy (non-hydrogen) atoms. The van der Waals surface area contributed by atoms with Crippen molar-refractivity contribution in [3.63, 3.8) is 0 Å². The fourth-order valence-electron chi connectivity index (χ4n) is 0. The maximum absolute atomic E-state index is 8.58. The van der Waals surface area contributed by atoms with Crippen molar-refractivity contribution in [1.82, 2.24) is 0 Å². The Morgan fingerprint density at radius 2 is 0.857 bits per heavy atom. The number of rotatable bonds is 0. The molecular formula is NaO4SiZr-3. The van der Waals surface area contributed by atoms with Crippen molar-refractivity contribution in [3.8, 4) is 0 Å². The van der Waals surface area contributed by atoms with Crippen molar-refractivity contribution in [2.75, 3.05) is 0 Å². The molecule has 0 aromatic rings. The molecule has 0 spiro atoms. The summed E-state index contributed by atoms with van der Waals surface area (Å²) in [5, 5.41) is 0. The Balaban J connectivity index is -0.0000000800. The Morgan fingerprint density at radius 1 is 0.857 bits per heavy atom. The van der Waals surface area contributed by atoms with Crippen LogP contribution in [-0.4, -0.2) is 9.05 Å². The average molecular weight is 206 g/mol. The molecule has 0 rings (SSSR count). The van der Waals surface area contributed by atoms with E-state index in [2.05, 4.69) is 0 Å². The molecule has 0 N–H and O–H groups in total. The monoisotopic (exact) mass is 205 g/mol. The largest absolute Gasteiger partial charge is 1.00 e. The third-order valence-corrected chi connectivity index (χ3v) is 0. The molecule has 36 valence electrons. The first-order valence-electron chi connectivity index (χ1n) is 0.816. The molecule has 0 amide bonds. The summed E-state index contributed by atoms with van der Waals surface area (Å²) < 4.78 is 0. The molecule has 0 saturated carbocycles. The van der Waals surface area contributed by atoms with Gasteiger partial charge in [0.25, 0.3) is 0 Å². The Bertz CT molecular complexity index is 27.2. The normalized spacial score (nSPS) is 8.57. The van der Waals surface area contributed by atoms with E-state index in [1.165, 1.54) is 0 Å². The predicted molar refractivity (Wildman–Crippen MR) is 5.75 cm³/mol. The maximum atomic E-state index is 8.58. The molecule has 0 aliphatic carbocycles. The van der Waals surface area contributed by atoms with Gasteiger partial charge in [0.05, 0.1) is 0 Å². The molecule has 0 atom stereocenters. The quantitative estimate of drug-likeness (QED) is 0.368. The van der Waals surface area contributed by atoms with Gasteiger partial charge in [-0.15, -0.1) is 0 Å². The zero-order valence-electron chi connectivity index (χ0n) is 3.63. The van der Waals surface area contributed by atoms with Crippen molar-refractivity contribution < 1.29 is 74.9 Å². The third kappa shape index (κ3) is 74.4. The smallest absolute Gasteiger partial charge is 0.894 e. The zero-order chi connectivity index (χ0) is 4.50. The molecule has 0 aliphatic rings. The Kier molecular flexibility index (Phi) is 13.8. The van der Waals surface area contributed by atoms with Gasteiger partial charge in [-0.25, -0.2) is 0 Å². The van der Waals surface area contributed by atoms with Gasteiger partial charge in [-0.1, -0.05) is 0 Å². The SMILES string of the molecule is [Na+].[O-][Si]([O-])([O-])[O-].[Zr]. The van der Waals surface area contributed by atoms with Gasteiger partial charge in [0, 0.05) is 26.2 Å². The van der Waals surface area contributed by atoms with Gasteiger partial charge < -0.3 is 28.2 Å². The summed E-state index contributed by atoms with van der Waals surface area (Å²) in [6, 6.07) is 0. The van der Waals surface area contributed by atoms with Crippen molar-refractivity contribution in [3.05, 3.63) is 0 Å². The molecular weight excluding hydrogens is 206 g/mol. The van der Waals surface area contributed by atoms with Crippen molar-refractivity contribution in [2.24, 2.45) is 0 Å². The summed E-state index contributed by atoms with van der Waals surface area (Å²) in [5.41, 5.74) is 0. The Hall–Kier alpha value is 1.94. The van der Waals surface area contributed by atoms with Gasteiger partial charge >= 0.3 is 29.6 Å². The molecule has 0 heterocycles. The van der Waals surface area contributed by atoms with Crippen LogP contribution in [0.1, 0.15) is 0 Å². The van der Waals surface area contributed by atoms with Crippen LogP contribution in [0, 0.1) is 0 Å². The molecule has 0 radical (unpaired) electrons. The first-order valence-corrected chi connectivity index (χ1v) is 2.45. The fraction of sp³-hybridized carbons (Fsp3) is 0. The molecule has 0 aliphatic heterocycles. The molecule has 0 unspecified atom stereocenters. The van der Waals surface area contributed by atoms with Gasteiger partial charge in [0.1, 0.15) is 0 Å². The first-order chi connectivity index (χ1) is 2.00. The van der Waals surface area contributed by atoms with Crippen LogP contribution in [-0.2, 0) is 26.2 Å². The van der Waals surface area contributed by atoms with E-state index in [0.29, 0.717) is 0 Å². The topological polar surface area (TPSA) is 92.2 Å². The van der Waals surface area contributed by atoms with Crippen LogP contribution in [0.4, 0.5) is 0 Å². The summed E-state index contributed by atoms with van der Waals surface area (Å²) in [6.45, 7) is 0. The molecule has 0 bridgehead atoms. The van der Waals surface area contributed by atoms with Crippen LogP contribution >= 0.6 is 0 Å². The van der Waals surface area contributed by atoms with Gasteiger partial charge in [0.2, 0.25) is 0 Å². The second-order valence-corrected chi connectivity index (χ2v) is 1.50. The summed E-state index contributed by atoms with van der Waals surface area (Å²) in [5.74, 6) is 0. The summed E-state index contributed by atoms with van der Waals surface area (Å²) >= 11 is 0. The second kappa shape index (κ2) is 6.07. The predicted octanol–water partition coefficient (Wildman–Crippen LogP) is -8.14. The van der Waals surface area contributed by atoms with E-state index < -0.39 is 9.05 Å². The van der Waals surface area contributed by atoms with Crippen molar-refractivity contribution in [1.29, 1.82) is 0 Å². The molecule has 7 heteroatoms. The average Bonchev–Trinajstić information content (AvgIpc) is 0.722.